The maximum Gasteiger partial charge on any atom is 0.159 e. The number of anilines is 1. The predicted molar refractivity (Wildman–Crippen MR) is 47.7 cm³/mol. The van der Waals surface area contributed by atoms with Gasteiger partial charge in [0, 0.05) is 11.9 Å². The number of halogens is 1. The zero-order valence-corrected chi connectivity index (χ0v) is 7.33. The van der Waals surface area contributed by atoms with Crippen LogP contribution >= 0.6 is 11.8 Å². The number of hydrogen-bond donors (Lipinski definition) is 1. The molecule has 1 N–H and O–H groups in total. The Hall–Kier alpha value is -0.700. The van der Waals surface area contributed by atoms with Crippen LogP contribution in [-0.4, -0.2) is 13.3 Å². The lowest BCUT2D eigenvalue weighted by Gasteiger charge is -2.04. The molecule has 0 aliphatic rings. The van der Waals surface area contributed by atoms with Gasteiger partial charge in [0.1, 0.15) is 0 Å². The summed E-state index contributed by atoms with van der Waals surface area (Å²) in [6.45, 7) is 0. The van der Waals surface area contributed by atoms with Crippen LogP contribution in [0.3, 0.4) is 0 Å². The van der Waals surface area contributed by atoms with Crippen molar-refractivity contribution < 1.29 is 4.39 Å². The Labute approximate surface area is 70.0 Å². The van der Waals surface area contributed by atoms with Crippen LogP contribution in [0.2, 0.25) is 0 Å². The summed E-state index contributed by atoms with van der Waals surface area (Å²) < 4.78 is 13.2. The Kier molecular flexibility index (Phi) is 2.76. The van der Waals surface area contributed by atoms with Crippen LogP contribution in [0.5, 0.6) is 0 Å². The lowest BCUT2D eigenvalue weighted by molar-refractivity contribution is 0.606. The van der Waals surface area contributed by atoms with Gasteiger partial charge in [-0.1, -0.05) is 6.07 Å². The van der Waals surface area contributed by atoms with Crippen molar-refractivity contribution in [3.63, 3.8) is 0 Å². The van der Waals surface area contributed by atoms with Gasteiger partial charge in [-0.15, -0.1) is 11.8 Å². The third-order valence-corrected chi connectivity index (χ3v) is 2.21. The first-order chi connectivity index (χ1) is 5.29. The van der Waals surface area contributed by atoms with Gasteiger partial charge in [0.2, 0.25) is 0 Å². The zero-order valence-electron chi connectivity index (χ0n) is 6.52. The molecule has 0 fully saturated rings. The number of rotatable bonds is 2. The van der Waals surface area contributed by atoms with Crippen LogP contribution in [0.4, 0.5) is 10.1 Å². The van der Waals surface area contributed by atoms with Crippen molar-refractivity contribution in [2.75, 3.05) is 18.6 Å². The summed E-state index contributed by atoms with van der Waals surface area (Å²) in [4.78, 5) is 0.678. The van der Waals surface area contributed by atoms with Crippen molar-refractivity contribution in [3.8, 4) is 0 Å². The summed E-state index contributed by atoms with van der Waals surface area (Å²) >= 11 is 1.41. The maximum atomic E-state index is 13.2. The Morgan fingerprint density at radius 2 is 2.18 bits per heavy atom. The van der Waals surface area contributed by atoms with Gasteiger partial charge in [-0.05, 0) is 18.4 Å². The summed E-state index contributed by atoms with van der Waals surface area (Å²) in [7, 11) is 1.71. The van der Waals surface area contributed by atoms with Crippen molar-refractivity contribution >= 4 is 17.4 Å². The lowest BCUT2D eigenvalue weighted by atomic mass is 10.3. The smallest absolute Gasteiger partial charge is 0.159 e. The molecule has 0 amide bonds. The summed E-state index contributed by atoms with van der Waals surface area (Å²) in [5.74, 6) is -0.164. The second kappa shape index (κ2) is 3.62. The molecule has 60 valence electrons. The van der Waals surface area contributed by atoms with Crippen molar-refractivity contribution in [2.45, 2.75) is 4.90 Å². The first kappa shape index (κ1) is 8.40. The van der Waals surface area contributed by atoms with Gasteiger partial charge >= 0.3 is 0 Å². The Morgan fingerprint density at radius 3 is 2.73 bits per heavy atom. The molecule has 0 atom stereocenters. The standard InChI is InChI=1S/C8H10FNS/c1-10-6-4-3-5-7(11-2)8(6)9/h3-5,10H,1-2H3. The highest BCUT2D eigenvalue weighted by molar-refractivity contribution is 7.98. The van der Waals surface area contributed by atoms with E-state index in [0.717, 1.165) is 0 Å². The van der Waals surface area contributed by atoms with Crippen LogP contribution in [0, 0.1) is 5.82 Å². The molecule has 0 aliphatic heterocycles. The number of benzene rings is 1. The predicted octanol–water partition coefficient (Wildman–Crippen LogP) is 2.59. The number of thioether (sulfide) groups is 1. The van der Waals surface area contributed by atoms with Crippen LogP contribution in [0.25, 0.3) is 0 Å². The highest BCUT2D eigenvalue weighted by Gasteiger charge is 2.03. The SMILES string of the molecule is CNc1cccc(SC)c1F. The molecule has 0 aliphatic carbocycles. The molecule has 0 spiro atoms. The quantitative estimate of drug-likeness (QED) is 0.686. The molecular formula is C8H10FNS. The molecule has 0 bridgehead atoms. The second-order valence-corrected chi connectivity index (χ2v) is 2.92. The average molecular weight is 171 g/mol. The molecule has 3 heteroatoms. The normalized spacial score (nSPS) is 9.73. The van der Waals surface area contributed by atoms with E-state index >= 15 is 0 Å². The van der Waals surface area contributed by atoms with E-state index in [1.54, 1.807) is 19.2 Å². The fourth-order valence-electron chi connectivity index (χ4n) is 0.862. The molecule has 0 heterocycles. The number of nitrogens with one attached hydrogen (secondary N) is 1. The molecule has 1 rings (SSSR count). The zero-order chi connectivity index (χ0) is 8.27. The molecule has 0 unspecified atom stereocenters. The molecule has 0 saturated carbocycles. The van der Waals surface area contributed by atoms with Crippen molar-refractivity contribution in [2.24, 2.45) is 0 Å². The van der Waals surface area contributed by atoms with Gasteiger partial charge in [0.15, 0.2) is 5.82 Å². The van der Waals surface area contributed by atoms with Gasteiger partial charge in [-0.3, -0.25) is 0 Å². The fraction of sp³-hybridized carbons (Fsp3) is 0.250. The van der Waals surface area contributed by atoms with Gasteiger partial charge in [0.25, 0.3) is 0 Å². The Morgan fingerprint density at radius 1 is 1.45 bits per heavy atom. The van der Waals surface area contributed by atoms with E-state index in [1.165, 1.54) is 11.8 Å². The Bertz CT molecular complexity index is 228. The van der Waals surface area contributed by atoms with Gasteiger partial charge in [-0.2, -0.15) is 0 Å². The monoisotopic (exact) mass is 171 g/mol. The summed E-state index contributed by atoms with van der Waals surface area (Å²) in [5, 5.41) is 2.78. The van der Waals surface area contributed by atoms with E-state index in [-0.39, 0.29) is 5.82 Å². The van der Waals surface area contributed by atoms with Crippen LogP contribution in [0.1, 0.15) is 0 Å². The van der Waals surface area contributed by atoms with Crippen LogP contribution in [0.15, 0.2) is 23.1 Å². The summed E-state index contributed by atoms with van der Waals surface area (Å²) in [5.41, 5.74) is 0.553. The molecule has 0 radical (unpaired) electrons. The summed E-state index contributed by atoms with van der Waals surface area (Å²) in [6, 6.07) is 5.32. The summed E-state index contributed by atoms with van der Waals surface area (Å²) in [6.07, 6.45) is 1.86. The van der Waals surface area contributed by atoms with Gasteiger partial charge in [0.05, 0.1) is 5.69 Å². The van der Waals surface area contributed by atoms with Crippen molar-refractivity contribution in [3.05, 3.63) is 24.0 Å². The minimum atomic E-state index is -0.164. The molecule has 1 aromatic rings. The maximum absolute atomic E-state index is 13.2. The molecule has 1 nitrogen and oxygen atoms in total. The van der Waals surface area contributed by atoms with Gasteiger partial charge in [-0.25, -0.2) is 4.39 Å². The van der Waals surface area contributed by atoms with Crippen LogP contribution in [-0.2, 0) is 0 Å². The highest BCUT2D eigenvalue weighted by atomic mass is 32.2. The van der Waals surface area contributed by atoms with Gasteiger partial charge < -0.3 is 5.32 Å². The van der Waals surface area contributed by atoms with E-state index in [2.05, 4.69) is 5.32 Å². The molecule has 1 aromatic carbocycles. The number of hydrogen-bond acceptors (Lipinski definition) is 2. The fourth-order valence-corrected chi connectivity index (χ4v) is 1.37. The first-order valence-corrected chi connectivity index (χ1v) is 4.52. The molecule has 11 heavy (non-hydrogen) atoms. The average Bonchev–Trinajstić information content (AvgIpc) is 2.05. The van der Waals surface area contributed by atoms with E-state index in [1.807, 2.05) is 12.3 Å². The topological polar surface area (TPSA) is 12.0 Å². The van der Waals surface area contributed by atoms with Crippen LogP contribution < -0.4 is 5.32 Å². The van der Waals surface area contributed by atoms with Crippen molar-refractivity contribution in [1.82, 2.24) is 0 Å². The first-order valence-electron chi connectivity index (χ1n) is 3.30. The van der Waals surface area contributed by atoms with E-state index in [4.69, 9.17) is 0 Å². The van der Waals surface area contributed by atoms with E-state index in [0.29, 0.717) is 10.6 Å². The Balaban J connectivity index is 3.10. The molecule has 0 saturated heterocycles. The molecular weight excluding hydrogens is 161 g/mol. The van der Waals surface area contributed by atoms with E-state index in [9.17, 15) is 4.39 Å². The highest BCUT2D eigenvalue weighted by Crippen LogP contribution is 2.24. The second-order valence-electron chi connectivity index (χ2n) is 2.07. The third kappa shape index (κ3) is 1.66. The lowest BCUT2D eigenvalue weighted by Crippen LogP contribution is -1.92. The minimum Gasteiger partial charge on any atom is -0.386 e. The minimum absolute atomic E-state index is 0.164. The largest absolute Gasteiger partial charge is 0.386 e. The third-order valence-electron chi connectivity index (χ3n) is 1.45. The van der Waals surface area contributed by atoms with E-state index < -0.39 is 0 Å². The molecule has 0 aromatic heterocycles. The van der Waals surface area contributed by atoms with Crippen molar-refractivity contribution in [1.29, 1.82) is 0 Å².